The predicted molar refractivity (Wildman–Crippen MR) is 226 cm³/mol. The lowest BCUT2D eigenvalue weighted by molar-refractivity contribution is -0.160. The zero-order valence-electron chi connectivity index (χ0n) is 35.5. The fourth-order valence-corrected chi connectivity index (χ4v) is 7.73. The number of fused-ring (bicyclic) bond motifs is 14. The minimum atomic E-state index is -2.06. The normalized spacial score (nSPS) is 29.7. The number of phenolic OH excluding ortho intramolecular Hbond substituents is 3. The minimum absolute atomic E-state index is 0.0387. The maximum Gasteiger partial charge on any atom is 0.312 e. The molecule has 5 bridgehead atoms. The van der Waals surface area contributed by atoms with Crippen LogP contribution in [0.25, 0.3) is 10.8 Å². The monoisotopic (exact) mass is 829 g/mol. The Kier molecular flexibility index (Phi) is 13.7. The largest absolute Gasteiger partial charge is 0.507 e. The highest BCUT2D eigenvalue weighted by molar-refractivity contribution is 6.24. The van der Waals surface area contributed by atoms with E-state index in [-0.39, 0.29) is 44.5 Å². The van der Waals surface area contributed by atoms with Crippen LogP contribution in [0.3, 0.4) is 0 Å². The van der Waals surface area contributed by atoms with Crippen LogP contribution in [0.4, 0.5) is 11.4 Å². The van der Waals surface area contributed by atoms with Gasteiger partial charge in [0.05, 0.1) is 58.7 Å². The van der Waals surface area contributed by atoms with Gasteiger partial charge in [-0.2, -0.15) is 5.10 Å². The van der Waals surface area contributed by atoms with Crippen molar-refractivity contribution in [1.82, 2.24) is 0 Å². The standard InChI is InChI=1S/C45H55N3O12/c1-22-15-14-16-23(2)44(56)47-35-30(21-46-48(9)29-17-12-11-13-18-29)39(53)32-33(40(35)54)38(52)27(6)42-34(32)43(55)45(8,60-42)58-20-19-31(57-10)24(3)41(59-28(7)49)26(5)37(51)25(4)36(22)50/h11-22,24-26,31,36-37,41,50-54H,1-10H3,(H,47,56)/b15-14+,20-19+,23-16-,46-21?/t22-,24-,25+,26-,31-,36-,37+,41+,45-/m0/s1. The molecule has 60 heavy (non-hydrogen) atoms. The molecule has 0 radical (unpaired) electrons. The number of para-hydroxylation sites is 1. The summed E-state index contributed by atoms with van der Waals surface area (Å²) in [6.45, 7) is 12.5. The van der Waals surface area contributed by atoms with Crippen LogP contribution in [0.1, 0.15) is 70.0 Å². The van der Waals surface area contributed by atoms with Crippen LogP contribution < -0.4 is 15.1 Å². The number of aliphatic hydroxyl groups is 2. The molecule has 3 aliphatic heterocycles. The number of methoxy groups -OCH3 is 1. The number of benzene rings is 3. The Hall–Kier alpha value is -5.90. The maximum atomic E-state index is 14.4. The molecule has 9 atom stereocenters. The number of hydrogen-bond acceptors (Lipinski definition) is 14. The quantitative estimate of drug-likeness (QED) is 0.0554. The van der Waals surface area contributed by atoms with Crippen molar-refractivity contribution < 1.29 is 58.9 Å². The maximum absolute atomic E-state index is 14.4. The number of hydrazone groups is 1. The molecular formula is C45H55N3O12. The minimum Gasteiger partial charge on any atom is -0.507 e. The molecule has 15 nitrogen and oxygen atoms in total. The lowest BCUT2D eigenvalue weighted by Gasteiger charge is -2.38. The third-order valence-electron chi connectivity index (χ3n) is 11.5. The highest BCUT2D eigenvalue weighted by atomic mass is 16.7. The van der Waals surface area contributed by atoms with Crippen LogP contribution >= 0.6 is 0 Å². The van der Waals surface area contributed by atoms with Crippen LogP contribution in [0.5, 0.6) is 23.0 Å². The van der Waals surface area contributed by atoms with Crippen molar-refractivity contribution in [2.24, 2.45) is 28.8 Å². The first-order valence-corrected chi connectivity index (χ1v) is 19.7. The molecule has 3 aromatic rings. The van der Waals surface area contributed by atoms with Gasteiger partial charge < -0.3 is 49.8 Å². The third-order valence-corrected chi connectivity index (χ3v) is 11.5. The number of anilines is 2. The van der Waals surface area contributed by atoms with Gasteiger partial charge in [-0.25, -0.2) is 0 Å². The number of ether oxygens (including phenoxy) is 4. The number of nitrogens with one attached hydrogen (secondary N) is 1. The van der Waals surface area contributed by atoms with Crippen molar-refractivity contribution >= 4 is 46.0 Å². The second-order valence-electron chi connectivity index (χ2n) is 15.7. The van der Waals surface area contributed by atoms with Crippen molar-refractivity contribution in [3.63, 3.8) is 0 Å². The summed E-state index contributed by atoms with van der Waals surface area (Å²) >= 11 is 0. The number of Topliss-reactive ketones (excluding diaryl/α,β-unsaturated/α-hetero) is 1. The molecule has 0 saturated heterocycles. The summed E-state index contributed by atoms with van der Waals surface area (Å²) in [7, 11) is 3.08. The molecule has 3 aliphatic rings. The number of carbonyl (C=O) groups excluding carboxylic acids is 3. The first kappa shape index (κ1) is 45.2. The van der Waals surface area contributed by atoms with Crippen molar-refractivity contribution in [3.05, 3.63) is 83.2 Å². The topological polar surface area (TPSA) is 217 Å². The Bertz CT molecular complexity index is 2250. The summed E-state index contributed by atoms with van der Waals surface area (Å²) < 4.78 is 23.6. The van der Waals surface area contributed by atoms with E-state index in [4.69, 9.17) is 18.9 Å². The van der Waals surface area contributed by atoms with Gasteiger partial charge in [0.15, 0.2) is 5.75 Å². The molecule has 0 spiro atoms. The average molecular weight is 830 g/mol. The van der Waals surface area contributed by atoms with E-state index in [1.54, 1.807) is 71.2 Å². The molecule has 0 unspecified atom stereocenters. The Labute approximate surface area is 349 Å². The van der Waals surface area contributed by atoms with E-state index in [9.17, 15) is 39.9 Å². The summed E-state index contributed by atoms with van der Waals surface area (Å²) in [4.78, 5) is 40.5. The van der Waals surface area contributed by atoms with Crippen molar-refractivity contribution in [1.29, 1.82) is 0 Å². The van der Waals surface area contributed by atoms with E-state index in [1.807, 2.05) is 6.07 Å². The molecule has 0 fully saturated rings. The third kappa shape index (κ3) is 8.69. The second-order valence-corrected chi connectivity index (χ2v) is 15.7. The van der Waals surface area contributed by atoms with Gasteiger partial charge in [0.2, 0.25) is 0 Å². The fraction of sp³-hybridized carbons (Fsp3) is 0.422. The van der Waals surface area contributed by atoms with Gasteiger partial charge in [0.25, 0.3) is 11.7 Å². The van der Waals surface area contributed by atoms with Crippen molar-refractivity contribution in [2.45, 2.75) is 85.6 Å². The zero-order chi connectivity index (χ0) is 44.4. The number of aliphatic hydroxyl groups excluding tert-OH is 2. The first-order valence-electron chi connectivity index (χ1n) is 19.7. The SMILES string of the molecule is CO[C@H]1/C=C/O[C@@]2(C)Oc3c(C)c(O)c4c(O)c(c(C=NN(C)c5ccccc5)c(O)c4c3C2=O)NC(=O)/C(C)=C\C=C\[C@H](C)[C@H](O)[C@@H](C)[C@@H](O)[C@H](C)[C@H](OC(C)=O)[C@H]1C. The molecule has 0 aromatic heterocycles. The molecular weight excluding hydrogens is 775 g/mol. The number of amides is 1. The number of phenols is 3. The molecule has 3 heterocycles. The van der Waals surface area contributed by atoms with E-state index in [2.05, 4.69) is 10.4 Å². The van der Waals surface area contributed by atoms with E-state index < -0.39 is 88.8 Å². The summed E-state index contributed by atoms with van der Waals surface area (Å²) in [5.41, 5.74) is 0.150. The van der Waals surface area contributed by atoms with E-state index in [1.165, 1.54) is 64.4 Å². The summed E-state index contributed by atoms with van der Waals surface area (Å²) in [5.74, 6) is -8.57. The molecule has 1 amide bonds. The number of esters is 1. The Morgan fingerprint density at radius 3 is 2.23 bits per heavy atom. The number of hydrogen-bond donors (Lipinski definition) is 6. The number of ketones is 1. The van der Waals surface area contributed by atoms with Crippen LogP contribution in [-0.4, -0.2) is 93.8 Å². The van der Waals surface area contributed by atoms with Gasteiger partial charge in [-0.1, -0.05) is 64.1 Å². The van der Waals surface area contributed by atoms with Crippen LogP contribution in [0.15, 0.2) is 71.6 Å². The van der Waals surface area contributed by atoms with Gasteiger partial charge in [-0.3, -0.25) is 19.4 Å². The van der Waals surface area contributed by atoms with Crippen molar-refractivity contribution in [3.8, 4) is 23.0 Å². The molecule has 6 N–H and O–H groups in total. The van der Waals surface area contributed by atoms with Crippen LogP contribution in [0, 0.1) is 30.6 Å². The van der Waals surface area contributed by atoms with Crippen LogP contribution in [0.2, 0.25) is 0 Å². The molecule has 0 aliphatic carbocycles. The smallest absolute Gasteiger partial charge is 0.312 e. The lowest BCUT2D eigenvalue weighted by atomic mass is 9.78. The Balaban J connectivity index is 1.73. The van der Waals surface area contributed by atoms with E-state index in [0.717, 1.165) is 0 Å². The first-order chi connectivity index (χ1) is 28.2. The number of carbonyl (C=O) groups is 3. The van der Waals surface area contributed by atoms with Crippen LogP contribution in [-0.2, 0) is 23.8 Å². The summed E-state index contributed by atoms with van der Waals surface area (Å²) in [6, 6.07) is 9.03. The number of rotatable bonds is 5. The number of allylic oxidation sites excluding steroid dienone is 2. The fourth-order valence-electron chi connectivity index (χ4n) is 7.73. The second kappa shape index (κ2) is 18.2. The number of aromatic hydroxyl groups is 3. The lowest BCUT2D eigenvalue weighted by Crippen LogP contribution is -2.46. The van der Waals surface area contributed by atoms with Gasteiger partial charge in [-0.15, -0.1) is 0 Å². The van der Waals surface area contributed by atoms with Gasteiger partial charge in [0, 0.05) is 68.2 Å². The molecule has 0 saturated carbocycles. The van der Waals surface area contributed by atoms with E-state index >= 15 is 0 Å². The summed E-state index contributed by atoms with van der Waals surface area (Å²) in [5, 5.41) is 66.5. The summed E-state index contributed by atoms with van der Waals surface area (Å²) in [6.07, 6.45) is 4.68. The van der Waals surface area contributed by atoms with E-state index in [0.29, 0.717) is 5.69 Å². The highest BCUT2D eigenvalue weighted by Crippen LogP contribution is 2.55. The Morgan fingerprint density at radius 2 is 1.60 bits per heavy atom. The van der Waals surface area contributed by atoms with Gasteiger partial charge >= 0.3 is 11.8 Å². The molecule has 322 valence electrons. The van der Waals surface area contributed by atoms with Gasteiger partial charge in [0.1, 0.15) is 23.4 Å². The Morgan fingerprint density at radius 1 is 0.933 bits per heavy atom. The zero-order valence-corrected chi connectivity index (χ0v) is 35.5. The number of nitrogens with zero attached hydrogens (tertiary/aromatic N) is 2. The predicted octanol–water partition coefficient (Wildman–Crippen LogP) is 6.22. The average Bonchev–Trinajstić information content (AvgIpc) is 3.49. The highest BCUT2D eigenvalue weighted by Gasteiger charge is 2.50. The molecule has 15 heteroatoms. The molecule has 6 rings (SSSR count). The van der Waals surface area contributed by atoms with Gasteiger partial charge in [-0.05, 0) is 32.1 Å². The molecule has 3 aromatic carbocycles. The van der Waals surface area contributed by atoms with Crippen molar-refractivity contribution in [2.75, 3.05) is 24.5 Å².